The summed E-state index contributed by atoms with van der Waals surface area (Å²) < 4.78 is 19.7. The molecule has 1 amide bonds. The minimum atomic E-state index is -0.440. The van der Waals surface area contributed by atoms with Crippen LogP contribution in [0.2, 0.25) is 0 Å². The highest BCUT2D eigenvalue weighted by atomic mass is 31.1. The Morgan fingerprint density at radius 3 is 2.30 bits per heavy atom. The third kappa shape index (κ3) is 12.8. The normalized spacial score (nSPS) is 13.4. The number of ketones is 1. The highest BCUT2D eigenvalue weighted by Crippen LogP contribution is 2.02. The van der Waals surface area contributed by atoms with Crippen LogP contribution in [0.1, 0.15) is 35.0 Å². The van der Waals surface area contributed by atoms with Crippen molar-refractivity contribution in [2.24, 2.45) is 5.10 Å². The van der Waals surface area contributed by atoms with Crippen molar-refractivity contribution in [3.63, 3.8) is 0 Å². The van der Waals surface area contributed by atoms with Gasteiger partial charge in [0.2, 0.25) is 5.91 Å². The van der Waals surface area contributed by atoms with Gasteiger partial charge in [0.25, 0.3) is 0 Å². The van der Waals surface area contributed by atoms with Gasteiger partial charge in [-0.25, -0.2) is 5.01 Å². The van der Waals surface area contributed by atoms with E-state index in [-0.39, 0.29) is 33.2 Å². The second-order valence-electron chi connectivity index (χ2n) is 3.74. The number of carbonyl (C=O) groups excluding carboxylic acids is 3. The lowest BCUT2D eigenvalue weighted by molar-refractivity contribution is -0.145. The summed E-state index contributed by atoms with van der Waals surface area (Å²) in [5.74, 6) is -0.513. The maximum absolute atomic E-state index is 10.6. The van der Waals surface area contributed by atoms with E-state index in [0.29, 0.717) is 13.0 Å². The smallest absolute Gasteiger partial charge is 0.313 e. The minimum absolute atomic E-state index is 0.0139. The van der Waals surface area contributed by atoms with Crippen LogP contribution in [0.3, 0.4) is 0 Å². The summed E-state index contributed by atoms with van der Waals surface area (Å²) in [6.45, 7) is 5.24. The Morgan fingerprint density at radius 1 is 1.55 bits per heavy atom. The van der Waals surface area contributed by atoms with Gasteiger partial charge < -0.3 is 4.74 Å². The average molecular weight is 305 g/mol. The first-order valence-electron chi connectivity index (χ1n) is 6.53. The summed E-state index contributed by atoms with van der Waals surface area (Å²) in [5, 5.41) is 5.24. The van der Waals surface area contributed by atoms with Crippen molar-refractivity contribution in [1.82, 2.24) is 5.01 Å². The maximum atomic E-state index is 10.6. The van der Waals surface area contributed by atoms with Crippen LogP contribution in [0, 0.1) is 0 Å². The lowest BCUT2D eigenvalue weighted by Crippen LogP contribution is -2.13. The molecule has 20 heavy (non-hydrogen) atoms. The molecule has 1 rings (SSSR count). The molecule has 114 valence electrons. The minimum Gasteiger partial charge on any atom is -0.466 e. The molecule has 0 spiro atoms. The Kier molecular flexibility index (Phi) is 11.4. The molecule has 0 aromatic carbocycles. The van der Waals surface area contributed by atoms with E-state index in [4.69, 9.17) is 5.94 Å². The molecule has 0 atom stereocenters. The van der Waals surface area contributed by atoms with Gasteiger partial charge in [-0.15, -0.1) is 0 Å². The number of carbonyl (C=O) groups is 3. The molecule has 0 unspecified atom stereocenters. The first-order chi connectivity index (χ1) is 9.78. The fraction of sp³-hybridized carbons (Fsp3) is 0.667. The Bertz CT molecular complexity index is 401. The zero-order valence-electron chi connectivity index (χ0n) is 13.2. The number of esters is 1. The molecule has 0 radical (unpaired) electrons. The van der Waals surface area contributed by atoms with Crippen LogP contribution in [0.4, 0.5) is 0 Å². The van der Waals surface area contributed by atoms with Gasteiger partial charge in [0.05, 0.1) is 13.0 Å². The summed E-state index contributed by atoms with van der Waals surface area (Å²) in [6.07, 6.45) is 0.393. The average Bonchev–Trinajstić information content (AvgIpc) is 2.67. The largest absolute Gasteiger partial charge is 0.466 e. The Balaban J connectivity index is 0. The van der Waals surface area contributed by atoms with E-state index in [1.807, 2.05) is 6.92 Å². The quantitative estimate of drug-likeness (QED) is 0.449. The van der Waals surface area contributed by atoms with Crippen LogP contribution in [0.15, 0.2) is 5.10 Å². The van der Waals surface area contributed by atoms with Crippen molar-refractivity contribution < 1.29 is 25.1 Å². The molecule has 8 heteroatoms. The second-order valence-corrected chi connectivity index (χ2v) is 4.00. The molecule has 0 saturated heterocycles. The van der Waals surface area contributed by atoms with Gasteiger partial charge in [0.15, 0.2) is 8.46 Å². The topological polar surface area (TPSA) is 93.1 Å². The number of rotatable bonds is 3. The van der Waals surface area contributed by atoms with Gasteiger partial charge in [-0.2, -0.15) is 5.10 Å². The monoisotopic (exact) mass is 305 g/mol. The van der Waals surface area contributed by atoms with Crippen molar-refractivity contribution in [1.29, 1.82) is 0 Å². The Hall–Kier alpha value is -1.62. The van der Waals surface area contributed by atoms with Gasteiger partial charge in [-0.1, -0.05) is 0 Å². The third-order valence-corrected chi connectivity index (χ3v) is 1.79. The molecule has 0 N–H and O–H groups in total. The molecule has 1 aliphatic rings. The van der Waals surface area contributed by atoms with Gasteiger partial charge in [0.1, 0.15) is 12.2 Å². The number of hydrogen-bond acceptors (Lipinski definition) is 6. The molecule has 0 saturated carbocycles. The predicted octanol–water partition coefficient (Wildman–Crippen LogP) is 1.66. The number of hydrazone groups is 1. The fourth-order valence-corrected chi connectivity index (χ4v) is 1.10. The molecule has 7 nitrogen and oxygen atoms in total. The zero-order chi connectivity index (χ0) is 16.8. The molecular formula is C12H21N2O5P. The van der Waals surface area contributed by atoms with Gasteiger partial charge >= 0.3 is 5.97 Å². The number of hydrogen-bond donors (Lipinski definition) is 0. The van der Waals surface area contributed by atoms with Crippen LogP contribution < -0.4 is 0 Å². The second kappa shape index (κ2) is 12.4. The summed E-state index contributed by atoms with van der Waals surface area (Å²) >= 11 is 0. The van der Waals surface area contributed by atoms with Crippen molar-refractivity contribution in [3.8, 4) is 0 Å². The lowest BCUT2D eigenvalue weighted by Gasteiger charge is -1.98. The SMILES string of the molecule is CC1=NN(C)C(=O)C1.CCOC(=O)CC(C)=O.[2H]CP=O. The van der Waals surface area contributed by atoms with Crippen molar-refractivity contribution >= 4 is 31.8 Å². The van der Waals surface area contributed by atoms with Crippen LogP contribution in [0.5, 0.6) is 0 Å². The molecular weight excluding hydrogens is 283 g/mol. The maximum Gasteiger partial charge on any atom is 0.313 e. The lowest BCUT2D eigenvalue weighted by atomic mass is 10.3. The third-order valence-electron chi connectivity index (χ3n) is 1.79. The fourth-order valence-electron chi connectivity index (χ4n) is 1.10. The number of nitrogens with zero attached hydrogens (tertiary/aromatic N) is 2. The van der Waals surface area contributed by atoms with Crippen LogP contribution in [-0.4, -0.2) is 48.7 Å². The number of ether oxygens (including phenoxy) is 1. The molecule has 0 aromatic heterocycles. The Morgan fingerprint density at radius 2 is 2.10 bits per heavy atom. The predicted molar refractivity (Wildman–Crippen MR) is 76.0 cm³/mol. The molecule has 1 aliphatic heterocycles. The van der Waals surface area contributed by atoms with Crippen LogP contribution >= 0.6 is 8.46 Å². The standard InChI is InChI=1S/C6H10O3.C5H8N2O.CH3OP/c1-3-9-6(8)4-5(2)7;1-4-3-5(8)7(2)6-4;1-3-2/h3-4H2,1-2H3;3H2,1-2H3;1H3/i;;1D. The van der Waals surface area contributed by atoms with Crippen LogP contribution in [-0.2, 0) is 23.7 Å². The first-order valence-corrected chi connectivity index (χ1v) is 6.82. The summed E-state index contributed by atoms with van der Waals surface area (Å²) in [6, 6.07) is 0. The summed E-state index contributed by atoms with van der Waals surface area (Å²) in [5.41, 5.74) is 0.900. The van der Waals surface area contributed by atoms with E-state index in [0.717, 1.165) is 5.71 Å². The van der Waals surface area contributed by atoms with Crippen molar-refractivity contribution in [2.75, 3.05) is 20.3 Å². The zero-order valence-corrected chi connectivity index (χ0v) is 13.1. The highest BCUT2D eigenvalue weighted by Gasteiger charge is 2.15. The van der Waals surface area contributed by atoms with E-state index in [1.165, 1.54) is 11.9 Å². The first kappa shape index (κ1) is 18.4. The van der Waals surface area contributed by atoms with Gasteiger partial charge in [-0.3, -0.25) is 18.9 Å². The molecule has 0 aromatic rings. The van der Waals surface area contributed by atoms with Gasteiger partial charge in [-0.05, 0) is 20.8 Å². The Labute approximate surface area is 122 Å². The molecule has 0 bridgehead atoms. The van der Waals surface area contributed by atoms with Crippen molar-refractivity contribution in [2.45, 2.75) is 33.6 Å². The number of Topliss-reactive ketones (excluding diaryl/α,β-unsaturated/α-hetero) is 1. The highest BCUT2D eigenvalue weighted by molar-refractivity contribution is 7.22. The van der Waals surface area contributed by atoms with Gasteiger partial charge in [0, 0.05) is 20.8 Å². The van der Waals surface area contributed by atoms with E-state index < -0.39 is 5.97 Å². The van der Waals surface area contributed by atoms with E-state index >= 15 is 0 Å². The van der Waals surface area contributed by atoms with Crippen molar-refractivity contribution in [3.05, 3.63) is 0 Å². The molecule has 1 heterocycles. The van der Waals surface area contributed by atoms with E-state index in [2.05, 4.69) is 9.84 Å². The summed E-state index contributed by atoms with van der Waals surface area (Å²) in [4.78, 5) is 31.2. The van der Waals surface area contributed by atoms with Crippen LogP contribution in [0.25, 0.3) is 0 Å². The number of amides is 1. The molecule has 0 aliphatic carbocycles. The summed E-state index contributed by atoms with van der Waals surface area (Å²) in [7, 11) is 1.58. The van der Waals surface area contributed by atoms with E-state index in [1.54, 1.807) is 14.0 Å². The van der Waals surface area contributed by atoms with E-state index in [9.17, 15) is 14.4 Å². The molecule has 0 fully saturated rings.